The zero-order chi connectivity index (χ0) is 21.8. The zero-order valence-electron chi connectivity index (χ0n) is 17.3. The fourth-order valence-corrected chi connectivity index (χ4v) is 4.49. The monoisotopic (exact) mass is 442 g/mol. The number of esters is 1. The van der Waals surface area contributed by atoms with Gasteiger partial charge >= 0.3 is 5.97 Å². The SMILES string of the molecule is CCOCC(=O)OC1CC2(NC)CCC1(NC(=O)COc1ccc(Cl)c(F)c1)CC2. The number of hydrogen-bond acceptors (Lipinski definition) is 6. The number of amides is 1. The molecule has 7 nitrogen and oxygen atoms in total. The number of ether oxygens (including phenoxy) is 3. The lowest BCUT2D eigenvalue weighted by Gasteiger charge is -2.57. The van der Waals surface area contributed by atoms with Crippen LogP contribution in [0.5, 0.6) is 5.75 Å². The van der Waals surface area contributed by atoms with E-state index < -0.39 is 23.4 Å². The van der Waals surface area contributed by atoms with Crippen molar-refractivity contribution >= 4 is 23.5 Å². The fraction of sp³-hybridized carbons (Fsp3) is 0.619. The minimum absolute atomic E-state index is 0.0140. The molecule has 1 amide bonds. The first-order valence-electron chi connectivity index (χ1n) is 10.2. The Balaban J connectivity index is 1.65. The summed E-state index contributed by atoms with van der Waals surface area (Å²) in [5.74, 6) is -1.19. The highest BCUT2D eigenvalue weighted by Crippen LogP contribution is 2.48. The van der Waals surface area contributed by atoms with Crippen molar-refractivity contribution < 1.29 is 28.2 Å². The Morgan fingerprint density at radius 2 is 1.97 bits per heavy atom. The number of nitrogens with one attached hydrogen (secondary N) is 2. The second-order valence-electron chi connectivity index (χ2n) is 7.92. The molecule has 3 saturated carbocycles. The molecule has 0 aromatic heterocycles. The third-order valence-electron chi connectivity index (χ3n) is 6.17. The summed E-state index contributed by atoms with van der Waals surface area (Å²) in [6, 6.07) is 4.00. The molecule has 0 radical (unpaired) electrons. The van der Waals surface area contributed by atoms with Gasteiger partial charge in [-0.05, 0) is 51.8 Å². The lowest BCUT2D eigenvalue weighted by atomic mass is 9.60. The smallest absolute Gasteiger partial charge is 0.332 e. The van der Waals surface area contributed by atoms with E-state index >= 15 is 0 Å². The van der Waals surface area contributed by atoms with Gasteiger partial charge in [0.2, 0.25) is 0 Å². The summed E-state index contributed by atoms with van der Waals surface area (Å²) in [5.41, 5.74) is -0.744. The van der Waals surface area contributed by atoms with E-state index in [9.17, 15) is 14.0 Å². The Hall–Kier alpha value is -1.90. The van der Waals surface area contributed by atoms with Gasteiger partial charge < -0.3 is 24.8 Å². The third-order valence-corrected chi connectivity index (χ3v) is 6.48. The van der Waals surface area contributed by atoms with E-state index in [2.05, 4.69) is 10.6 Å². The van der Waals surface area contributed by atoms with Crippen molar-refractivity contribution in [2.45, 2.75) is 56.2 Å². The Morgan fingerprint density at radius 1 is 1.23 bits per heavy atom. The van der Waals surface area contributed by atoms with E-state index in [0.29, 0.717) is 25.9 Å². The van der Waals surface area contributed by atoms with Gasteiger partial charge in [-0.1, -0.05) is 11.6 Å². The lowest BCUT2D eigenvalue weighted by Crippen LogP contribution is -2.70. The highest BCUT2D eigenvalue weighted by atomic mass is 35.5. The molecule has 1 unspecified atom stereocenters. The average Bonchev–Trinajstić information content (AvgIpc) is 2.74. The fourth-order valence-electron chi connectivity index (χ4n) is 4.37. The second kappa shape index (κ2) is 9.49. The maximum Gasteiger partial charge on any atom is 0.332 e. The summed E-state index contributed by atoms with van der Waals surface area (Å²) >= 11 is 5.66. The molecule has 1 atom stereocenters. The van der Waals surface area contributed by atoms with Crippen LogP contribution in [0.3, 0.4) is 0 Å². The molecule has 0 heterocycles. The number of carbonyl (C=O) groups is 2. The molecule has 4 rings (SSSR count). The first-order valence-corrected chi connectivity index (χ1v) is 10.5. The van der Waals surface area contributed by atoms with Crippen LogP contribution in [0, 0.1) is 5.82 Å². The van der Waals surface area contributed by atoms with E-state index in [-0.39, 0.29) is 35.4 Å². The van der Waals surface area contributed by atoms with Crippen molar-refractivity contribution in [1.29, 1.82) is 0 Å². The average molecular weight is 443 g/mol. The molecule has 1 aromatic rings. The highest BCUT2D eigenvalue weighted by Gasteiger charge is 2.56. The van der Waals surface area contributed by atoms with Crippen LogP contribution in [0.4, 0.5) is 4.39 Å². The predicted octanol–water partition coefficient (Wildman–Crippen LogP) is 2.60. The van der Waals surface area contributed by atoms with Crippen molar-refractivity contribution in [3.05, 3.63) is 29.0 Å². The van der Waals surface area contributed by atoms with Crippen LogP contribution in [0.2, 0.25) is 5.02 Å². The van der Waals surface area contributed by atoms with E-state index in [4.69, 9.17) is 25.8 Å². The van der Waals surface area contributed by atoms with E-state index in [1.807, 2.05) is 7.05 Å². The van der Waals surface area contributed by atoms with Crippen LogP contribution in [0.1, 0.15) is 39.0 Å². The molecule has 2 bridgehead atoms. The van der Waals surface area contributed by atoms with Gasteiger partial charge in [-0.2, -0.15) is 0 Å². The first kappa shape index (κ1) is 22.8. The standard InChI is InChI=1S/C21H28ClFN2O5/c1-3-28-13-19(27)30-17-11-20(24-2)6-8-21(17,9-7-20)25-18(26)12-29-14-4-5-15(22)16(23)10-14/h4-5,10,17,24H,3,6-9,11-13H2,1-2H3,(H,25,26). The highest BCUT2D eigenvalue weighted by molar-refractivity contribution is 6.30. The molecule has 166 valence electrons. The van der Waals surface area contributed by atoms with Gasteiger partial charge in [0.25, 0.3) is 5.91 Å². The summed E-state index contributed by atoms with van der Waals surface area (Å²) < 4.78 is 29.8. The summed E-state index contributed by atoms with van der Waals surface area (Å²) in [6.45, 7) is 1.83. The van der Waals surface area contributed by atoms with Crippen LogP contribution in [-0.4, -0.2) is 55.9 Å². The quantitative estimate of drug-likeness (QED) is 0.572. The van der Waals surface area contributed by atoms with Crippen LogP contribution in [-0.2, 0) is 19.1 Å². The minimum atomic E-state index is -0.647. The Bertz CT molecular complexity index is 783. The van der Waals surface area contributed by atoms with Gasteiger partial charge in [0.1, 0.15) is 24.3 Å². The van der Waals surface area contributed by atoms with Crippen LogP contribution in [0.25, 0.3) is 0 Å². The van der Waals surface area contributed by atoms with Gasteiger partial charge in [-0.25, -0.2) is 9.18 Å². The lowest BCUT2D eigenvalue weighted by molar-refractivity contribution is -0.170. The number of rotatable bonds is 9. The largest absolute Gasteiger partial charge is 0.484 e. The third kappa shape index (κ3) is 5.04. The van der Waals surface area contributed by atoms with Gasteiger partial charge in [0, 0.05) is 24.6 Å². The number of halogens is 2. The summed E-state index contributed by atoms with van der Waals surface area (Å²) in [4.78, 5) is 24.8. The summed E-state index contributed by atoms with van der Waals surface area (Å²) in [7, 11) is 1.91. The van der Waals surface area contributed by atoms with E-state index in [1.54, 1.807) is 6.92 Å². The van der Waals surface area contributed by atoms with Gasteiger partial charge in [-0.15, -0.1) is 0 Å². The molecule has 0 aliphatic heterocycles. The van der Waals surface area contributed by atoms with Gasteiger partial charge in [0.05, 0.1) is 10.6 Å². The van der Waals surface area contributed by atoms with Crippen molar-refractivity contribution in [2.24, 2.45) is 0 Å². The predicted molar refractivity (Wildman–Crippen MR) is 109 cm³/mol. The number of hydrogen-bond donors (Lipinski definition) is 2. The first-order chi connectivity index (χ1) is 14.3. The maximum atomic E-state index is 13.6. The van der Waals surface area contributed by atoms with Crippen molar-refractivity contribution in [3.8, 4) is 5.75 Å². The van der Waals surface area contributed by atoms with Crippen molar-refractivity contribution in [3.63, 3.8) is 0 Å². The molecule has 1 aromatic carbocycles. The molecule has 2 N–H and O–H groups in total. The molecule has 0 saturated heterocycles. The molecule has 30 heavy (non-hydrogen) atoms. The topological polar surface area (TPSA) is 85.9 Å². The summed E-state index contributed by atoms with van der Waals surface area (Å²) in [5, 5.41) is 6.40. The van der Waals surface area contributed by atoms with Crippen LogP contribution >= 0.6 is 11.6 Å². The Morgan fingerprint density at radius 3 is 2.60 bits per heavy atom. The Labute approximate surface area is 180 Å². The normalized spacial score (nSPS) is 27.5. The maximum absolute atomic E-state index is 13.6. The van der Waals surface area contributed by atoms with Crippen molar-refractivity contribution in [1.82, 2.24) is 10.6 Å². The number of fused-ring (bicyclic) bond motifs is 3. The van der Waals surface area contributed by atoms with E-state index in [0.717, 1.165) is 18.9 Å². The zero-order valence-corrected chi connectivity index (χ0v) is 18.0. The number of benzene rings is 1. The van der Waals surface area contributed by atoms with Crippen LogP contribution < -0.4 is 15.4 Å². The molecule has 3 fully saturated rings. The van der Waals surface area contributed by atoms with Crippen molar-refractivity contribution in [2.75, 3.05) is 26.9 Å². The summed E-state index contributed by atoms with van der Waals surface area (Å²) in [6.07, 6.45) is 3.25. The van der Waals surface area contributed by atoms with Crippen LogP contribution in [0.15, 0.2) is 18.2 Å². The molecule has 3 aliphatic carbocycles. The molecule has 9 heteroatoms. The van der Waals surface area contributed by atoms with Gasteiger partial charge in [-0.3, -0.25) is 4.79 Å². The van der Waals surface area contributed by atoms with Gasteiger partial charge in [0.15, 0.2) is 6.61 Å². The minimum Gasteiger partial charge on any atom is -0.484 e. The number of carbonyl (C=O) groups excluding carboxylic acids is 2. The Kier molecular flexibility index (Phi) is 7.21. The molecule has 0 spiro atoms. The second-order valence-corrected chi connectivity index (χ2v) is 8.33. The molecular weight excluding hydrogens is 415 g/mol. The molecular formula is C21H28ClFN2O5. The molecule has 3 aliphatic rings. The van der Waals surface area contributed by atoms with E-state index in [1.165, 1.54) is 12.1 Å².